The summed E-state index contributed by atoms with van der Waals surface area (Å²) in [5.74, 6) is -1.62. The zero-order chi connectivity index (χ0) is 24.8. The standard InChI is InChI=1S/C27H34N2O5/c1-2-3-4-5-6-7-8-9-25(31)28-22-16-12-21(13-17-22)27(34)29-23-14-10-20(11-15-23)24(30)18-19-26(32)33/h10-17H,2-9,18-19H2,1H3,(H,28,31)(H,29,34)(H,32,33). The van der Waals surface area contributed by atoms with E-state index in [1.165, 1.54) is 32.1 Å². The lowest BCUT2D eigenvalue weighted by molar-refractivity contribution is -0.137. The van der Waals surface area contributed by atoms with Crippen molar-refractivity contribution in [2.75, 3.05) is 10.6 Å². The Morgan fingerprint density at radius 2 is 1.18 bits per heavy atom. The smallest absolute Gasteiger partial charge is 0.303 e. The Labute approximate surface area is 201 Å². The van der Waals surface area contributed by atoms with Gasteiger partial charge in [-0.1, -0.05) is 45.4 Å². The third-order valence-corrected chi connectivity index (χ3v) is 5.47. The van der Waals surface area contributed by atoms with E-state index in [-0.39, 0.29) is 30.4 Å². The second kappa shape index (κ2) is 14.6. The molecule has 0 saturated heterocycles. The van der Waals surface area contributed by atoms with Crippen LogP contribution < -0.4 is 10.6 Å². The average molecular weight is 467 g/mol. The molecule has 2 amide bonds. The van der Waals surface area contributed by atoms with E-state index in [9.17, 15) is 19.2 Å². The molecule has 3 N–H and O–H groups in total. The second-order valence-electron chi connectivity index (χ2n) is 8.35. The van der Waals surface area contributed by atoms with E-state index < -0.39 is 5.97 Å². The number of carbonyl (C=O) groups excluding carboxylic acids is 3. The summed E-state index contributed by atoms with van der Waals surface area (Å²) in [6.45, 7) is 2.20. The molecule has 0 radical (unpaired) electrons. The van der Waals surface area contributed by atoms with Crippen LogP contribution >= 0.6 is 0 Å². The largest absolute Gasteiger partial charge is 0.481 e. The van der Waals surface area contributed by atoms with Crippen molar-refractivity contribution in [3.63, 3.8) is 0 Å². The third-order valence-electron chi connectivity index (χ3n) is 5.47. The minimum atomic E-state index is -1.02. The van der Waals surface area contributed by atoms with E-state index in [4.69, 9.17) is 5.11 Å². The van der Waals surface area contributed by atoms with Crippen LogP contribution in [-0.2, 0) is 9.59 Å². The van der Waals surface area contributed by atoms with Crippen LogP contribution in [0.15, 0.2) is 48.5 Å². The van der Waals surface area contributed by atoms with Gasteiger partial charge in [0, 0.05) is 35.3 Å². The lowest BCUT2D eigenvalue weighted by Gasteiger charge is -2.08. The first-order valence-electron chi connectivity index (χ1n) is 12.0. The van der Waals surface area contributed by atoms with Crippen molar-refractivity contribution in [2.45, 2.75) is 71.1 Å². The summed E-state index contributed by atoms with van der Waals surface area (Å²) in [5, 5.41) is 14.3. The summed E-state index contributed by atoms with van der Waals surface area (Å²) in [7, 11) is 0. The molecule has 182 valence electrons. The molecule has 2 aromatic carbocycles. The van der Waals surface area contributed by atoms with Crippen molar-refractivity contribution >= 4 is 34.9 Å². The van der Waals surface area contributed by atoms with Gasteiger partial charge in [0.1, 0.15) is 0 Å². The number of anilines is 2. The predicted octanol–water partition coefficient (Wildman–Crippen LogP) is 6.07. The molecule has 0 aromatic heterocycles. The molecule has 0 fully saturated rings. The lowest BCUT2D eigenvalue weighted by atomic mass is 10.1. The number of ketones is 1. The summed E-state index contributed by atoms with van der Waals surface area (Å²) in [4.78, 5) is 47.1. The molecule has 0 atom stereocenters. The van der Waals surface area contributed by atoms with Gasteiger partial charge in [-0.3, -0.25) is 19.2 Å². The quantitative estimate of drug-likeness (QED) is 0.218. The molecule has 2 aromatic rings. The number of Topliss-reactive ketones (excluding diaryl/α,β-unsaturated/α-hetero) is 1. The number of carbonyl (C=O) groups is 4. The maximum atomic E-state index is 12.5. The topological polar surface area (TPSA) is 113 Å². The van der Waals surface area contributed by atoms with Gasteiger partial charge in [0.25, 0.3) is 5.91 Å². The normalized spacial score (nSPS) is 10.5. The van der Waals surface area contributed by atoms with Gasteiger partial charge in [-0.15, -0.1) is 0 Å². The molecule has 7 heteroatoms. The number of benzene rings is 2. The first kappa shape index (κ1) is 26.8. The Kier molecular flexibility index (Phi) is 11.5. The molecule has 34 heavy (non-hydrogen) atoms. The minimum absolute atomic E-state index is 0.0243. The number of unbranched alkanes of at least 4 members (excludes halogenated alkanes) is 6. The number of nitrogens with one attached hydrogen (secondary N) is 2. The van der Waals surface area contributed by atoms with Gasteiger partial charge >= 0.3 is 5.97 Å². The van der Waals surface area contributed by atoms with Crippen LogP contribution in [0.3, 0.4) is 0 Å². The van der Waals surface area contributed by atoms with E-state index in [1.807, 2.05) is 0 Å². The van der Waals surface area contributed by atoms with Crippen molar-refractivity contribution in [3.05, 3.63) is 59.7 Å². The summed E-state index contributed by atoms with van der Waals surface area (Å²) in [6, 6.07) is 13.0. The van der Waals surface area contributed by atoms with Crippen LogP contribution in [0.2, 0.25) is 0 Å². The van der Waals surface area contributed by atoms with Gasteiger partial charge in [-0.2, -0.15) is 0 Å². The molecule has 0 unspecified atom stereocenters. The molecule has 0 aliphatic heterocycles. The van der Waals surface area contributed by atoms with Gasteiger partial charge in [0.15, 0.2) is 5.78 Å². The summed E-state index contributed by atoms with van der Waals surface area (Å²) in [5.41, 5.74) is 2.00. The SMILES string of the molecule is CCCCCCCCCC(=O)Nc1ccc(C(=O)Nc2ccc(C(=O)CCC(=O)O)cc2)cc1. The highest BCUT2D eigenvalue weighted by Crippen LogP contribution is 2.16. The molecular weight excluding hydrogens is 432 g/mol. The summed E-state index contributed by atoms with van der Waals surface area (Å²) in [6.07, 6.45) is 8.32. The Morgan fingerprint density at radius 3 is 1.76 bits per heavy atom. The highest BCUT2D eigenvalue weighted by Gasteiger charge is 2.10. The van der Waals surface area contributed by atoms with E-state index in [2.05, 4.69) is 17.6 Å². The van der Waals surface area contributed by atoms with Crippen LogP contribution in [0, 0.1) is 0 Å². The Hall–Kier alpha value is -3.48. The molecule has 7 nitrogen and oxygen atoms in total. The number of carboxylic acid groups (broad SMARTS) is 1. The minimum Gasteiger partial charge on any atom is -0.481 e. The first-order chi connectivity index (χ1) is 16.4. The molecule has 2 rings (SSSR count). The fraction of sp³-hybridized carbons (Fsp3) is 0.407. The van der Waals surface area contributed by atoms with E-state index in [0.29, 0.717) is 28.9 Å². The van der Waals surface area contributed by atoms with Crippen LogP contribution in [-0.4, -0.2) is 28.7 Å². The second-order valence-corrected chi connectivity index (χ2v) is 8.35. The Morgan fingerprint density at radius 1 is 0.647 bits per heavy atom. The van der Waals surface area contributed by atoms with Gasteiger partial charge in [-0.25, -0.2) is 0 Å². The number of aliphatic carboxylic acids is 1. The van der Waals surface area contributed by atoms with E-state index >= 15 is 0 Å². The number of amides is 2. The summed E-state index contributed by atoms with van der Waals surface area (Å²) >= 11 is 0. The maximum absolute atomic E-state index is 12.5. The van der Waals surface area contributed by atoms with Crippen molar-refractivity contribution in [2.24, 2.45) is 0 Å². The van der Waals surface area contributed by atoms with E-state index in [1.54, 1.807) is 48.5 Å². The van der Waals surface area contributed by atoms with Gasteiger partial charge < -0.3 is 15.7 Å². The van der Waals surface area contributed by atoms with Crippen LogP contribution in [0.5, 0.6) is 0 Å². The number of hydrogen-bond acceptors (Lipinski definition) is 4. The third kappa shape index (κ3) is 9.98. The molecule has 0 spiro atoms. The molecule has 0 aliphatic rings. The highest BCUT2D eigenvalue weighted by molar-refractivity contribution is 6.05. The maximum Gasteiger partial charge on any atom is 0.303 e. The fourth-order valence-electron chi connectivity index (χ4n) is 3.48. The monoisotopic (exact) mass is 466 g/mol. The Bertz CT molecular complexity index is 952. The predicted molar refractivity (Wildman–Crippen MR) is 133 cm³/mol. The van der Waals surface area contributed by atoms with Crippen molar-refractivity contribution in [3.8, 4) is 0 Å². The van der Waals surface area contributed by atoms with Gasteiger partial charge in [-0.05, 0) is 55.0 Å². The molecule has 0 heterocycles. The zero-order valence-electron chi connectivity index (χ0n) is 19.8. The van der Waals surface area contributed by atoms with Crippen LogP contribution in [0.4, 0.5) is 11.4 Å². The van der Waals surface area contributed by atoms with Crippen molar-refractivity contribution < 1.29 is 24.3 Å². The lowest BCUT2D eigenvalue weighted by Crippen LogP contribution is -2.13. The van der Waals surface area contributed by atoms with E-state index in [0.717, 1.165) is 12.8 Å². The van der Waals surface area contributed by atoms with Crippen LogP contribution in [0.25, 0.3) is 0 Å². The molecule has 0 saturated carbocycles. The fourth-order valence-corrected chi connectivity index (χ4v) is 3.48. The van der Waals surface area contributed by atoms with Gasteiger partial charge in [0.2, 0.25) is 5.91 Å². The zero-order valence-corrected chi connectivity index (χ0v) is 19.8. The number of rotatable bonds is 15. The summed E-state index contributed by atoms with van der Waals surface area (Å²) < 4.78 is 0. The first-order valence-corrected chi connectivity index (χ1v) is 12.0. The van der Waals surface area contributed by atoms with Crippen molar-refractivity contribution in [1.29, 1.82) is 0 Å². The molecule has 0 aliphatic carbocycles. The Balaban J connectivity index is 1.76. The molecular formula is C27H34N2O5. The molecule has 0 bridgehead atoms. The highest BCUT2D eigenvalue weighted by atomic mass is 16.4. The van der Waals surface area contributed by atoms with Crippen molar-refractivity contribution in [1.82, 2.24) is 0 Å². The number of hydrogen-bond donors (Lipinski definition) is 3. The van der Waals surface area contributed by atoms with Crippen LogP contribution in [0.1, 0.15) is 91.8 Å². The number of carboxylic acids is 1. The average Bonchev–Trinajstić information content (AvgIpc) is 2.82. The van der Waals surface area contributed by atoms with Gasteiger partial charge in [0.05, 0.1) is 6.42 Å².